The SMILES string of the molecule is c1ccc(-c2ccc3oc4c(-c5cc(CC6CCCC6)ccn5)cccc4c3c2)cc1. The Kier molecular flexibility index (Phi) is 4.57. The minimum absolute atomic E-state index is 0.827. The number of hydrogen-bond donors (Lipinski definition) is 0. The lowest BCUT2D eigenvalue weighted by molar-refractivity contribution is 0.546. The largest absolute Gasteiger partial charge is 0.455 e. The van der Waals surface area contributed by atoms with Crippen LogP contribution in [0.4, 0.5) is 0 Å². The van der Waals surface area contributed by atoms with Gasteiger partial charge in [-0.15, -0.1) is 0 Å². The van der Waals surface area contributed by atoms with Gasteiger partial charge in [0, 0.05) is 22.5 Å². The highest BCUT2D eigenvalue weighted by Crippen LogP contribution is 2.37. The molecule has 2 aromatic heterocycles. The van der Waals surface area contributed by atoms with Crippen LogP contribution in [-0.2, 0) is 6.42 Å². The van der Waals surface area contributed by atoms with Crippen LogP contribution >= 0.6 is 0 Å². The standard InChI is InChI=1S/C29H25NO/c1-2-9-22(10-3-1)23-13-14-28-26(19-23)24-11-6-12-25(29(24)31-28)27-18-21(15-16-30-27)17-20-7-4-5-8-20/h1-3,6,9-16,18-20H,4-5,7-8,17H2. The number of nitrogens with zero attached hydrogens (tertiary/aromatic N) is 1. The number of pyridine rings is 1. The van der Waals surface area contributed by atoms with Crippen molar-refractivity contribution in [1.82, 2.24) is 4.98 Å². The maximum absolute atomic E-state index is 6.36. The van der Waals surface area contributed by atoms with Crippen molar-refractivity contribution in [2.45, 2.75) is 32.1 Å². The molecule has 0 radical (unpaired) electrons. The maximum atomic E-state index is 6.36. The minimum atomic E-state index is 0.827. The van der Waals surface area contributed by atoms with E-state index in [0.29, 0.717) is 0 Å². The monoisotopic (exact) mass is 403 g/mol. The van der Waals surface area contributed by atoms with Crippen molar-refractivity contribution in [2.24, 2.45) is 5.92 Å². The van der Waals surface area contributed by atoms with Gasteiger partial charge in [-0.05, 0) is 59.4 Å². The van der Waals surface area contributed by atoms with Crippen LogP contribution in [0.5, 0.6) is 0 Å². The zero-order chi connectivity index (χ0) is 20.6. The number of para-hydroxylation sites is 1. The van der Waals surface area contributed by atoms with E-state index in [1.807, 2.05) is 6.20 Å². The van der Waals surface area contributed by atoms with Gasteiger partial charge in [-0.3, -0.25) is 4.98 Å². The summed E-state index contributed by atoms with van der Waals surface area (Å²) in [4.78, 5) is 4.71. The first kappa shape index (κ1) is 18.4. The van der Waals surface area contributed by atoms with Crippen molar-refractivity contribution >= 4 is 21.9 Å². The van der Waals surface area contributed by atoms with Gasteiger partial charge < -0.3 is 4.42 Å². The lowest BCUT2D eigenvalue weighted by atomic mass is 9.97. The van der Waals surface area contributed by atoms with E-state index in [1.165, 1.54) is 42.4 Å². The molecule has 2 heteroatoms. The molecule has 0 amide bonds. The second-order valence-corrected chi connectivity index (χ2v) is 8.77. The van der Waals surface area contributed by atoms with Gasteiger partial charge in [0.1, 0.15) is 11.2 Å². The van der Waals surface area contributed by atoms with E-state index in [4.69, 9.17) is 9.40 Å². The smallest absolute Gasteiger partial charge is 0.144 e. The quantitative estimate of drug-likeness (QED) is 0.303. The number of rotatable bonds is 4. The van der Waals surface area contributed by atoms with E-state index >= 15 is 0 Å². The highest BCUT2D eigenvalue weighted by atomic mass is 16.3. The third kappa shape index (κ3) is 3.42. The Labute approximate surface area is 182 Å². The normalized spacial score (nSPS) is 14.6. The summed E-state index contributed by atoms with van der Waals surface area (Å²) in [6.45, 7) is 0. The molecule has 2 nitrogen and oxygen atoms in total. The zero-order valence-corrected chi connectivity index (χ0v) is 17.6. The average Bonchev–Trinajstić information content (AvgIpc) is 3.47. The highest BCUT2D eigenvalue weighted by Gasteiger charge is 2.17. The van der Waals surface area contributed by atoms with Crippen LogP contribution < -0.4 is 0 Å². The molecule has 0 N–H and O–H groups in total. The first-order valence-corrected chi connectivity index (χ1v) is 11.3. The van der Waals surface area contributed by atoms with Crippen LogP contribution in [0, 0.1) is 5.92 Å². The van der Waals surface area contributed by atoms with E-state index in [2.05, 4.69) is 78.9 Å². The molecule has 1 saturated carbocycles. The molecule has 0 atom stereocenters. The number of hydrogen-bond acceptors (Lipinski definition) is 2. The van der Waals surface area contributed by atoms with E-state index in [0.717, 1.165) is 45.5 Å². The van der Waals surface area contributed by atoms with Crippen molar-refractivity contribution in [1.29, 1.82) is 0 Å². The Bertz CT molecular complexity index is 1360. The van der Waals surface area contributed by atoms with Crippen molar-refractivity contribution in [3.63, 3.8) is 0 Å². The third-order valence-corrected chi connectivity index (χ3v) is 6.70. The molecule has 31 heavy (non-hydrogen) atoms. The van der Waals surface area contributed by atoms with E-state index in [1.54, 1.807) is 0 Å². The van der Waals surface area contributed by atoms with Gasteiger partial charge in [-0.25, -0.2) is 0 Å². The summed E-state index contributed by atoms with van der Waals surface area (Å²) < 4.78 is 6.36. The van der Waals surface area contributed by atoms with Crippen LogP contribution in [0.15, 0.2) is 89.5 Å². The zero-order valence-electron chi connectivity index (χ0n) is 17.6. The summed E-state index contributed by atoms with van der Waals surface area (Å²) in [5, 5.41) is 2.30. The van der Waals surface area contributed by atoms with Gasteiger partial charge in [0.05, 0.1) is 5.69 Å². The summed E-state index contributed by atoms with van der Waals surface area (Å²) in [7, 11) is 0. The lowest BCUT2D eigenvalue weighted by Gasteiger charge is -2.10. The van der Waals surface area contributed by atoms with Crippen molar-refractivity contribution in [2.75, 3.05) is 0 Å². The number of furan rings is 1. The summed E-state index contributed by atoms with van der Waals surface area (Å²) in [5.41, 5.74) is 7.73. The molecule has 0 aliphatic heterocycles. The molecule has 152 valence electrons. The summed E-state index contributed by atoms with van der Waals surface area (Å²) >= 11 is 0. The lowest BCUT2D eigenvalue weighted by Crippen LogP contribution is -1.99. The van der Waals surface area contributed by atoms with Gasteiger partial charge in [0.25, 0.3) is 0 Å². The number of benzene rings is 3. The molecule has 0 spiro atoms. The summed E-state index contributed by atoms with van der Waals surface area (Å²) in [6, 6.07) is 27.8. The van der Waals surface area contributed by atoms with Crippen molar-refractivity contribution in [3.05, 3.63) is 90.6 Å². The van der Waals surface area contributed by atoms with Crippen molar-refractivity contribution < 1.29 is 4.42 Å². The topological polar surface area (TPSA) is 26.0 Å². The summed E-state index contributed by atoms with van der Waals surface area (Å²) in [6.07, 6.45) is 8.60. The van der Waals surface area contributed by atoms with Gasteiger partial charge >= 0.3 is 0 Å². The molecule has 2 heterocycles. The van der Waals surface area contributed by atoms with E-state index in [9.17, 15) is 0 Å². The molecule has 0 bridgehead atoms. The van der Waals surface area contributed by atoms with Crippen LogP contribution in [0.25, 0.3) is 44.3 Å². The summed E-state index contributed by atoms with van der Waals surface area (Å²) in [5.74, 6) is 0.827. The van der Waals surface area contributed by atoms with Gasteiger partial charge in [-0.2, -0.15) is 0 Å². The second kappa shape index (κ2) is 7.70. The van der Waals surface area contributed by atoms with Crippen LogP contribution in [0.1, 0.15) is 31.2 Å². The molecule has 1 fully saturated rings. The third-order valence-electron chi connectivity index (χ3n) is 6.70. The van der Waals surface area contributed by atoms with Crippen LogP contribution in [-0.4, -0.2) is 4.98 Å². The Morgan fingerprint density at radius 2 is 1.65 bits per heavy atom. The Balaban J connectivity index is 1.44. The number of fused-ring (bicyclic) bond motifs is 3. The Morgan fingerprint density at radius 3 is 2.52 bits per heavy atom. The second-order valence-electron chi connectivity index (χ2n) is 8.77. The molecule has 1 aliphatic carbocycles. The Morgan fingerprint density at radius 1 is 0.774 bits per heavy atom. The fraction of sp³-hybridized carbons (Fsp3) is 0.207. The molecular weight excluding hydrogens is 378 g/mol. The van der Waals surface area contributed by atoms with Crippen LogP contribution in [0.2, 0.25) is 0 Å². The minimum Gasteiger partial charge on any atom is -0.455 e. The van der Waals surface area contributed by atoms with E-state index < -0.39 is 0 Å². The number of aromatic nitrogens is 1. The first-order valence-electron chi connectivity index (χ1n) is 11.3. The van der Waals surface area contributed by atoms with Crippen molar-refractivity contribution in [3.8, 4) is 22.4 Å². The van der Waals surface area contributed by atoms with Gasteiger partial charge in [0.15, 0.2) is 0 Å². The molecule has 1 aliphatic rings. The maximum Gasteiger partial charge on any atom is 0.144 e. The first-order chi connectivity index (χ1) is 15.3. The molecule has 3 aromatic carbocycles. The van der Waals surface area contributed by atoms with Gasteiger partial charge in [0.2, 0.25) is 0 Å². The molecule has 5 aromatic rings. The molecule has 0 saturated heterocycles. The predicted molar refractivity (Wildman–Crippen MR) is 128 cm³/mol. The molecule has 0 unspecified atom stereocenters. The Hall–Kier alpha value is -3.39. The fourth-order valence-electron chi connectivity index (χ4n) is 5.11. The fourth-order valence-corrected chi connectivity index (χ4v) is 5.11. The van der Waals surface area contributed by atoms with Gasteiger partial charge in [-0.1, -0.05) is 74.2 Å². The molecular formula is C29H25NO. The predicted octanol–water partition coefficient (Wildman–Crippen LogP) is 8.05. The van der Waals surface area contributed by atoms with Crippen LogP contribution in [0.3, 0.4) is 0 Å². The average molecular weight is 404 g/mol. The van der Waals surface area contributed by atoms with E-state index in [-0.39, 0.29) is 0 Å². The highest BCUT2D eigenvalue weighted by molar-refractivity contribution is 6.10. The molecule has 6 rings (SSSR count).